The number of nitrogens with zero attached hydrogens (tertiary/aromatic N) is 3. The first-order valence-electron chi connectivity index (χ1n) is 6.70. The number of carbonyl (C=O) groups is 1. The summed E-state index contributed by atoms with van der Waals surface area (Å²) in [5, 5.41) is 13.6. The van der Waals surface area contributed by atoms with Crippen molar-refractivity contribution in [3.05, 3.63) is 46.4 Å². The molecular weight excluding hydrogens is 288 g/mol. The summed E-state index contributed by atoms with van der Waals surface area (Å²) >= 11 is 0. The molecule has 0 aliphatic rings. The number of aryl methyl sites for hydroxylation is 1. The van der Waals surface area contributed by atoms with Crippen molar-refractivity contribution >= 4 is 17.4 Å². The molecule has 8 heteroatoms. The molecule has 0 unspecified atom stereocenters. The summed E-state index contributed by atoms with van der Waals surface area (Å²) in [6, 6.07) is 6.89. The monoisotopic (exact) mass is 304 g/mol. The van der Waals surface area contributed by atoms with E-state index in [0.717, 1.165) is 6.20 Å². The molecule has 1 aromatic carbocycles. The zero-order valence-corrected chi connectivity index (χ0v) is 12.3. The summed E-state index contributed by atoms with van der Waals surface area (Å²) in [7, 11) is 0. The molecule has 8 nitrogen and oxygen atoms in total. The van der Waals surface area contributed by atoms with Gasteiger partial charge < -0.3 is 20.2 Å². The van der Waals surface area contributed by atoms with Gasteiger partial charge in [0, 0.05) is 12.6 Å². The lowest BCUT2D eigenvalue weighted by molar-refractivity contribution is -0.392. The maximum atomic E-state index is 12.0. The van der Waals surface area contributed by atoms with Crippen molar-refractivity contribution < 1.29 is 14.5 Å². The third-order valence-corrected chi connectivity index (χ3v) is 2.97. The molecule has 0 fully saturated rings. The number of ether oxygens (including phenoxy) is 1. The molecule has 1 heterocycles. The normalized spacial score (nSPS) is 10.3. The fourth-order valence-electron chi connectivity index (χ4n) is 1.94. The molecule has 1 N–H and O–H groups in total. The smallest absolute Gasteiger partial charge is 0.343 e. The second-order valence-corrected chi connectivity index (χ2v) is 4.51. The van der Waals surface area contributed by atoms with E-state index in [-0.39, 0.29) is 18.3 Å². The highest BCUT2D eigenvalue weighted by atomic mass is 16.6. The zero-order chi connectivity index (χ0) is 16.1. The topological polar surface area (TPSA) is 99.3 Å². The molecule has 0 spiro atoms. The molecule has 0 aliphatic heterocycles. The van der Waals surface area contributed by atoms with Crippen LogP contribution in [0.5, 0.6) is 5.75 Å². The van der Waals surface area contributed by atoms with Crippen LogP contribution in [-0.2, 0) is 11.3 Å². The van der Waals surface area contributed by atoms with Crippen LogP contribution in [0.15, 0.2) is 30.5 Å². The molecule has 1 amide bonds. The third-order valence-electron chi connectivity index (χ3n) is 2.97. The Bertz CT molecular complexity index is 679. The predicted octanol–water partition coefficient (Wildman–Crippen LogP) is 2.14. The molecule has 0 bridgehead atoms. The molecule has 0 atom stereocenters. The van der Waals surface area contributed by atoms with E-state index in [2.05, 4.69) is 10.3 Å². The van der Waals surface area contributed by atoms with Gasteiger partial charge in [0.25, 0.3) is 5.91 Å². The van der Waals surface area contributed by atoms with Gasteiger partial charge in [-0.15, -0.1) is 0 Å². The van der Waals surface area contributed by atoms with Gasteiger partial charge in [0.1, 0.15) is 11.9 Å². The fraction of sp³-hybridized carbons (Fsp3) is 0.286. The zero-order valence-electron chi connectivity index (χ0n) is 12.3. The van der Waals surface area contributed by atoms with Crippen LogP contribution >= 0.6 is 0 Å². The fourth-order valence-corrected chi connectivity index (χ4v) is 1.94. The number of nitrogens with one attached hydrogen (secondary N) is 1. The van der Waals surface area contributed by atoms with Gasteiger partial charge in [-0.25, -0.2) is 9.55 Å². The number of nitro groups is 1. The highest BCUT2D eigenvalue weighted by Crippen LogP contribution is 2.17. The average molecular weight is 304 g/mol. The highest BCUT2D eigenvalue weighted by molar-refractivity contribution is 5.90. The van der Waals surface area contributed by atoms with Gasteiger partial charge in [0.05, 0.1) is 6.61 Å². The van der Waals surface area contributed by atoms with E-state index >= 15 is 0 Å². The van der Waals surface area contributed by atoms with Crippen LogP contribution in [0.25, 0.3) is 0 Å². The van der Waals surface area contributed by atoms with Crippen LogP contribution in [0.1, 0.15) is 12.7 Å². The summed E-state index contributed by atoms with van der Waals surface area (Å²) in [4.78, 5) is 26.2. The van der Waals surface area contributed by atoms with Gasteiger partial charge in [0.2, 0.25) is 0 Å². The van der Waals surface area contributed by atoms with Gasteiger partial charge in [-0.1, -0.05) is 0 Å². The summed E-state index contributed by atoms with van der Waals surface area (Å²) in [6.07, 6.45) is 1.14. The van der Waals surface area contributed by atoms with E-state index < -0.39 is 4.92 Å². The van der Waals surface area contributed by atoms with E-state index in [9.17, 15) is 14.9 Å². The summed E-state index contributed by atoms with van der Waals surface area (Å²) in [6.45, 7) is 3.89. The molecule has 0 aliphatic carbocycles. The first kappa shape index (κ1) is 15.5. The lowest BCUT2D eigenvalue weighted by atomic mass is 10.3. The second-order valence-electron chi connectivity index (χ2n) is 4.51. The number of imidazole rings is 1. The number of hydrogen-bond acceptors (Lipinski definition) is 5. The Balaban J connectivity index is 2.04. The van der Waals surface area contributed by atoms with Crippen LogP contribution in [0.4, 0.5) is 11.5 Å². The molecule has 22 heavy (non-hydrogen) atoms. The van der Waals surface area contributed by atoms with Gasteiger partial charge in [0.15, 0.2) is 12.4 Å². The van der Waals surface area contributed by atoms with Crippen molar-refractivity contribution in [1.82, 2.24) is 9.55 Å². The molecule has 1 aromatic heterocycles. The van der Waals surface area contributed by atoms with Gasteiger partial charge in [-0.2, -0.15) is 0 Å². The SMILES string of the molecule is CCOc1ccc(NC(=O)Cn2c([N+](=O)[O-])cnc2C)cc1. The Labute approximate surface area is 126 Å². The molecule has 2 aromatic rings. The van der Waals surface area contributed by atoms with Crippen molar-refractivity contribution in [3.8, 4) is 5.75 Å². The van der Waals surface area contributed by atoms with Crippen molar-refractivity contribution in [2.45, 2.75) is 20.4 Å². The molecule has 0 saturated carbocycles. The van der Waals surface area contributed by atoms with Crippen LogP contribution in [-0.4, -0.2) is 27.0 Å². The van der Waals surface area contributed by atoms with E-state index in [0.29, 0.717) is 23.9 Å². The number of carbonyl (C=O) groups excluding carboxylic acids is 1. The third kappa shape index (κ3) is 3.60. The number of rotatable bonds is 6. The van der Waals surface area contributed by atoms with Crippen molar-refractivity contribution in [2.24, 2.45) is 0 Å². The first-order valence-corrected chi connectivity index (χ1v) is 6.70. The van der Waals surface area contributed by atoms with Gasteiger partial charge in [-0.05, 0) is 36.1 Å². The standard InChI is InChI=1S/C14H16N4O4/c1-3-22-12-6-4-11(5-7-12)16-13(19)9-17-10(2)15-8-14(17)18(20)21/h4-8H,3,9H2,1-2H3,(H,16,19). The summed E-state index contributed by atoms with van der Waals surface area (Å²) in [5.41, 5.74) is 0.592. The van der Waals surface area contributed by atoms with E-state index in [4.69, 9.17) is 4.74 Å². The number of anilines is 1. The lowest BCUT2D eigenvalue weighted by Gasteiger charge is -2.07. The molecule has 0 radical (unpaired) electrons. The number of benzene rings is 1. The minimum Gasteiger partial charge on any atom is -0.494 e. The Morgan fingerprint density at radius 1 is 1.41 bits per heavy atom. The quantitative estimate of drug-likeness (QED) is 0.651. The maximum absolute atomic E-state index is 12.0. The van der Waals surface area contributed by atoms with E-state index in [1.807, 2.05) is 6.92 Å². The van der Waals surface area contributed by atoms with E-state index in [1.54, 1.807) is 31.2 Å². The summed E-state index contributed by atoms with van der Waals surface area (Å²) in [5.74, 6) is 0.544. The highest BCUT2D eigenvalue weighted by Gasteiger charge is 2.20. The Morgan fingerprint density at radius 2 is 2.09 bits per heavy atom. The van der Waals surface area contributed by atoms with Crippen LogP contribution in [0.2, 0.25) is 0 Å². The van der Waals surface area contributed by atoms with Crippen LogP contribution in [0, 0.1) is 17.0 Å². The van der Waals surface area contributed by atoms with Gasteiger partial charge >= 0.3 is 5.82 Å². The Hall–Kier alpha value is -2.90. The summed E-state index contributed by atoms with van der Waals surface area (Å²) < 4.78 is 6.56. The average Bonchev–Trinajstić information content (AvgIpc) is 2.83. The van der Waals surface area contributed by atoms with Crippen molar-refractivity contribution in [2.75, 3.05) is 11.9 Å². The molecule has 0 saturated heterocycles. The van der Waals surface area contributed by atoms with Crippen LogP contribution in [0.3, 0.4) is 0 Å². The van der Waals surface area contributed by atoms with Crippen LogP contribution < -0.4 is 10.1 Å². The van der Waals surface area contributed by atoms with Crippen molar-refractivity contribution in [3.63, 3.8) is 0 Å². The van der Waals surface area contributed by atoms with E-state index in [1.165, 1.54) is 4.57 Å². The second kappa shape index (κ2) is 6.70. The Kier molecular flexibility index (Phi) is 4.72. The minimum absolute atomic E-state index is 0.171. The number of hydrogen-bond donors (Lipinski definition) is 1. The number of aromatic nitrogens is 2. The first-order chi connectivity index (χ1) is 10.5. The predicted molar refractivity (Wildman–Crippen MR) is 79.9 cm³/mol. The molecule has 2 rings (SSSR count). The number of amides is 1. The lowest BCUT2D eigenvalue weighted by Crippen LogP contribution is -2.20. The van der Waals surface area contributed by atoms with Gasteiger partial charge in [-0.3, -0.25) is 4.79 Å². The van der Waals surface area contributed by atoms with Crippen molar-refractivity contribution in [1.29, 1.82) is 0 Å². The minimum atomic E-state index is -0.565. The largest absolute Gasteiger partial charge is 0.494 e. The molecule has 116 valence electrons. The molecular formula is C14H16N4O4. The maximum Gasteiger partial charge on any atom is 0.343 e. The Morgan fingerprint density at radius 3 is 2.68 bits per heavy atom.